The molecule has 0 aliphatic carbocycles. The number of carbonyl (C=O) groups is 2. The van der Waals surface area contributed by atoms with Crippen LogP contribution in [0, 0.1) is 0 Å². The van der Waals surface area contributed by atoms with Crippen LogP contribution in [0.5, 0.6) is 0 Å². The van der Waals surface area contributed by atoms with Gasteiger partial charge >= 0.3 is 19.8 Å². The maximum absolute atomic E-state index is 12.9. The van der Waals surface area contributed by atoms with Gasteiger partial charge in [-0.2, -0.15) is 0 Å². The summed E-state index contributed by atoms with van der Waals surface area (Å²) in [5.41, 5.74) is 0. The molecule has 0 spiro atoms. The Labute approximate surface area is 579 Å². The van der Waals surface area contributed by atoms with Gasteiger partial charge < -0.3 is 18.9 Å². The normalized spacial score (nSPS) is 14.0. The highest BCUT2D eigenvalue weighted by molar-refractivity contribution is 7.47. The van der Waals surface area contributed by atoms with E-state index in [4.69, 9.17) is 18.5 Å². The minimum atomic E-state index is -4.41. The molecule has 0 radical (unpaired) electrons. The second kappa shape index (κ2) is 72.9. The predicted molar refractivity (Wildman–Crippen MR) is 408 cm³/mol. The molecule has 94 heavy (non-hydrogen) atoms. The summed E-state index contributed by atoms with van der Waals surface area (Å²) in [6.45, 7) is 4.28. The molecule has 2 atom stereocenters. The monoisotopic (exact) mass is 1330 g/mol. The van der Waals surface area contributed by atoms with Gasteiger partial charge in [0.15, 0.2) is 6.10 Å². The summed E-state index contributed by atoms with van der Waals surface area (Å²) in [6.07, 6.45) is 109. The van der Waals surface area contributed by atoms with Crippen LogP contribution >= 0.6 is 7.82 Å². The summed E-state index contributed by atoms with van der Waals surface area (Å²) in [5, 5.41) is 0. The molecule has 0 aromatic heterocycles. The number of unbranched alkanes of at least 4 members (excludes halogenated alkanes) is 29. The van der Waals surface area contributed by atoms with E-state index in [9.17, 15) is 19.0 Å². The van der Waals surface area contributed by atoms with Crippen LogP contribution in [0.1, 0.15) is 309 Å². The van der Waals surface area contributed by atoms with E-state index in [1.807, 2.05) is 21.1 Å². The Hall–Kier alpha value is -4.37. The molecule has 0 saturated carbocycles. The highest BCUT2D eigenvalue weighted by Crippen LogP contribution is 2.43. The van der Waals surface area contributed by atoms with Crippen LogP contribution in [-0.4, -0.2) is 74.9 Å². The first-order chi connectivity index (χ1) is 46.0. The molecule has 0 aromatic rings. The van der Waals surface area contributed by atoms with Gasteiger partial charge in [0.25, 0.3) is 0 Å². The molecule has 0 aliphatic rings. The highest BCUT2D eigenvalue weighted by Gasteiger charge is 2.27. The first-order valence-electron chi connectivity index (χ1n) is 38.2. The third kappa shape index (κ3) is 76.6. The molecule has 0 heterocycles. The van der Waals surface area contributed by atoms with Gasteiger partial charge in [-0.25, -0.2) is 4.57 Å². The van der Waals surface area contributed by atoms with Gasteiger partial charge in [0.05, 0.1) is 27.7 Å². The van der Waals surface area contributed by atoms with Gasteiger partial charge in [-0.15, -0.1) is 0 Å². The number of likely N-dealkylation sites (N-methyl/N-ethyl adjacent to an activating group) is 1. The third-order valence-electron chi connectivity index (χ3n) is 16.0. The SMILES string of the molecule is CC/C=C\C/C=C\C/C=C\C/C=C\C/C=C\C/C=C\C/C=C\C/C=C\C/C=C\C/C=C\C/C=C\CCCCCC(=O)OC(COC(=O)CCCCCCCCCCCCCCCCCCCCCCC/C=C\C/C=C\CCCCCCC)COP(=O)(O)OCC[N+](C)(C)C. The topological polar surface area (TPSA) is 108 Å². The maximum atomic E-state index is 12.9. The van der Waals surface area contributed by atoms with Crippen molar-refractivity contribution in [3.8, 4) is 0 Å². The van der Waals surface area contributed by atoms with E-state index in [0.717, 1.165) is 116 Å². The highest BCUT2D eigenvalue weighted by atomic mass is 31.2. The van der Waals surface area contributed by atoms with E-state index in [0.29, 0.717) is 17.4 Å². The smallest absolute Gasteiger partial charge is 0.462 e. The van der Waals surface area contributed by atoms with E-state index < -0.39 is 26.5 Å². The number of esters is 2. The van der Waals surface area contributed by atoms with Gasteiger partial charge in [0, 0.05) is 12.8 Å². The minimum absolute atomic E-state index is 0.0180. The van der Waals surface area contributed by atoms with Crippen molar-refractivity contribution in [2.45, 2.75) is 315 Å². The molecule has 0 aliphatic heterocycles. The molecular formula is C84H143NO8P+. The Bertz CT molecular complexity index is 2150. The van der Waals surface area contributed by atoms with Crippen molar-refractivity contribution in [3.05, 3.63) is 158 Å². The Balaban J connectivity index is 4.12. The van der Waals surface area contributed by atoms with E-state index in [1.54, 1.807) is 0 Å². The lowest BCUT2D eigenvalue weighted by Gasteiger charge is -2.24. The fourth-order valence-electron chi connectivity index (χ4n) is 10.2. The molecule has 1 N–H and O–H groups in total. The number of phosphoric acid groups is 1. The number of rotatable bonds is 69. The predicted octanol–water partition coefficient (Wildman–Crippen LogP) is 25.5. The fourth-order valence-corrected chi connectivity index (χ4v) is 11.0. The molecule has 0 aromatic carbocycles. The molecule has 0 fully saturated rings. The van der Waals surface area contributed by atoms with E-state index in [-0.39, 0.29) is 32.0 Å². The van der Waals surface area contributed by atoms with Crippen LogP contribution in [0.2, 0.25) is 0 Å². The average Bonchev–Trinajstić information content (AvgIpc) is 1.56. The molecule has 0 rings (SSSR count). The molecule has 10 heteroatoms. The minimum Gasteiger partial charge on any atom is -0.462 e. The number of hydrogen-bond acceptors (Lipinski definition) is 7. The lowest BCUT2D eigenvalue weighted by atomic mass is 10.0. The van der Waals surface area contributed by atoms with E-state index >= 15 is 0 Å². The largest absolute Gasteiger partial charge is 0.472 e. The average molecular weight is 1330 g/mol. The van der Waals surface area contributed by atoms with Gasteiger partial charge in [-0.3, -0.25) is 18.6 Å². The number of ether oxygens (including phenoxy) is 2. The summed E-state index contributed by atoms with van der Waals surface area (Å²) < 4.78 is 34.7. The van der Waals surface area contributed by atoms with Crippen LogP contribution in [-0.2, 0) is 32.7 Å². The first-order valence-corrected chi connectivity index (χ1v) is 39.7. The number of allylic oxidation sites excluding steroid dienone is 26. The van der Waals surface area contributed by atoms with Crippen molar-refractivity contribution in [1.29, 1.82) is 0 Å². The van der Waals surface area contributed by atoms with Crippen molar-refractivity contribution in [2.24, 2.45) is 0 Å². The van der Waals surface area contributed by atoms with Crippen LogP contribution < -0.4 is 0 Å². The second-order valence-corrected chi connectivity index (χ2v) is 27.8. The number of quaternary nitrogens is 1. The van der Waals surface area contributed by atoms with E-state index in [2.05, 4.69) is 172 Å². The van der Waals surface area contributed by atoms with Crippen molar-refractivity contribution < 1.29 is 42.1 Å². The Kier molecular flexibility index (Phi) is 69.5. The van der Waals surface area contributed by atoms with Gasteiger partial charge in [-0.1, -0.05) is 326 Å². The summed E-state index contributed by atoms with van der Waals surface area (Å²) in [5.74, 6) is -0.836. The fraction of sp³-hybridized carbons (Fsp3) is 0.667. The van der Waals surface area contributed by atoms with Crippen LogP contribution in [0.15, 0.2) is 158 Å². The van der Waals surface area contributed by atoms with Gasteiger partial charge in [0.1, 0.15) is 19.8 Å². The van der Waals surface area contributed by atoms with E-state index in [1.165, 1.54) is 161 Å². The molecule has 2 unspecified atom stereocenters. The van der Waals surface area contributed by atoms with Crippen molar-refractivity contribution >= 4 is 19.8 Å². The number of phosphoric ester groups is 1. The second-order valence-electron chi connectivity index (χ2n) is 26.3. The molecule has 536 valence electrons. The first kappa shape index (κ1) is 89.6. The maximum Gasteiger partial charge on any atom is 0.472 e. The molecule has 9 nitrogen and oxygen atoms in total. The summed E-state index contributed by atoms with van der Waals surface area (Å²) >= 11 is 0. The summed E-state index contributed by atoms with van der Waals surface area (Å²) in [4.78, 5) is 35.9. The molecule has 0 bridgehead atoms. The van der Waals surface area contributed by atoms with Crippen molar-refractivity contribution in [3.63, 3.8) is 0 Å². The Morgan fingerprint density at radius 3 is 0.915 bits per heavy atom. The summed E-state index contributed by atoms with van der Waals surface area (Å²) in [7, 11) is 1.44. The lowest BCUT2D eigenvalue weighted by Crippen LogP contribution is -2.37. The zero-order valence-electron chi connectivity index (χ0n) is 61.1. The number of nitrogens with zero attached hydrogens (tertiary/aromatic N) is 1. The van der Waals surface area contributed by atoms with Crippen molar-refractivity contribution in [2.75, 3.05) is 47.5 Å². The Morgan fingerprint density at radius 1 is 0.340 bits per heavy atom. The number of hydrogen-bond donors (Lipinski definition) is 1. The molecule has 0 saturated heterocycles. The standard InChI is InChI=1S/C84H142NO8P/c1-6-8-10-12-14-16-18-20-22-24-26-28-30-32-34-36-38-40-41-42-43-45-47-49-51-53-55-57-59-61-63-65-67-69-71-73-75-77-84(87)93-82(81-92-94(88,89)91-79-78-85(3,4)5)80-90-83(86)76-74-72-70-68-66-64-62-60-58-56-54-52-50-48-46-44-39-37-35-33-31-29-27-25-23-21-19-17-15-13-11-9-7-2/h8,10,14,16,19-22,25-28,32,34,38,40,42-43,47,49,53,55,59,61,65,67,82H,6-7,9,11-13,15,17-18,23-24,29-31,33,35-37,39,41,44-46,48,50-52,54,56-58,60,62-64,66,68-81H2,1-5H3/p+1/b10-8-,16-14-,21-19-,22-20-,27-25-,28-26-,34-32-,40-38-,43-42-,49-47-,55-53-,61-59-,67-65-. The molecular weight excluding hydrogens is 1180 g/mol. The zero-order chi connectivity index (χ0) is 68.3. The van der Waals surface area contributed by atoms with Crippen LogP contribution in [0.4, 0.5) is 0 Å². The van der Waals surface area contributed by atoms with Crippen molar-refractivity contribution in [1.82, 2.24) is 0 Å². The third-order valence-corrected chi connectivity index (χ3v) is 17.0. The van der Waals surface area contributed by atoms with Crippen LogP contribution in [0.3, 0.4) is 0 Å². The van der Waals surface area contributed by atoms with Gasteiger partial charge in [-0.05, 0) is 128 Å². The number of carbonyl (C=O) groups excluding carboxylic acids is 2. The quantitative estimate of drug-likeness (QED) is 0.0211. The molecule has 0 amide bonds. The van der Waals surface area contributed by atoms with Crippen LogP contribution in [0.25, 0.3) is 0 Å². The lowest BCUT2D eigenvalue weighted by molar-refractivity contribution is -0.870. The zero-order valence-corrected chi connectivity index (χ0v) is 62.0. The summed E-state index contributed by atoms with van der Waals surface area (Å²) in [6, 6.07) is 0. The Morgan fingerprint density at radius 2 is 0.606 bits per heavy atom. The van der Waals surface area contributed by atoms with Gasteiger partial charge in [0.2, 0.25) is 0 Å².